The number of nitrogens with one attached hydrogen (secondary N) is 2. The average Bonchev–Trinajstić information content (AvgIpc) is 2.88. The third-order valence-electron chi connectivity index (χ3n) is 6.06. The van der Waals surface area contributed by atoms with E-state index in [2.05, 4.69) is 10.6 Å². The minimum absolute atomic E-state index is 0.0120. The average molecular weight is 622 g/mol. The van der Waals surface area contributed by atoms with Crippen LogP contribution >= 0.6 is 0 Å². The first-order valence-electron chi connectivity index (χ1n) is 13.2. The maximum Gasteiger partial charge on any atom is 0.408 e. The molecule has 0 aliphatic carbocycles. The fraction of sp³-hybridized carbons (Fsp3) is 0.667. The number of aliphatic carboxylic acids is 5. The molecule has 10 N–H and O–H groups in total. The molecule has 0 aromatic rings. The Labute approximate surface area is 245 Å². The van der Waals surface area contributed by atoms with E-state index in [1.165, 1.54) is 0 Å². The first kappa shape index (κ1) is 38.5. The third kappa shape index (κ3) is 17.1. The Balaban J connectivity index is 4.39. The number of rotatable bonds is 24. The summed E-state index contributed by atoms with van der Waals surface area (Å²) in [5, 5.41) is 59.4. The van der Waals surface area contributed by atoms with Crippen LogP contribution in [0, 0.1) is 0 Å². The number of amides is 3. The zero-order valence-electron chi connectivity index (χ0n) is 23.3. The molecule has 3 unspecified atom stereocenters. The third-order valence-corrected chi connectivity index (χ3v) is 6.06. The molecule has 19 heteroatoms. The number of carboxylic acids is 5. The van der Waals surface area contributed by atoms with Crippen LogP contribution in [0.5, 0.6) is 0 Å². The second-order valence-corrected chi connectivity index (χ2v) is 9.48. The highest BCUT2D eigenvalue weighted by molar-refractivity contribution is 5.83. The molecule has 0 bridgehead atoms. The Morgan fingerprint density at radius 2 is 1.07 bits per heavy atom. The highest BCUT2D eigenvalue weighted by Crippen LogP contribution is 2.11. The quantitative estimate of drug-likeness (QED) is 0.0532. The molecule has 3 amide bonds. The molecule has 0 fully saturated rings. The Hall–Kier alpha value is -4.52. The number of hydrogen-bond acceptors (Lipinski definition) is 10. The lowest BCUT2D eigenvalue weighted by atomic mass is 10.1. The van der Waals surface area contributed by atoms with E-state index in [-0.39, 0.29) is 58.0 Å². The first-order valence-corrected chi connectivity index (χ1v) is 13.2. The molecule has 0 spiro atoms. The maximum atomic E-state index is 12.2. The molecule has 244 valence electrons. The van der Waals surface area contributed by atoms with Crippen molar-refractivity contribution < 1.29 is 69.0 Å². The lowest BCUT2D eigenvalue weighted by Gasteiger charge is -2.25. The predicted octanol–water partition coefficient (Wildman–Crippen LogP) is -1.89. The van der Waals surface area contributed by atoms with E-state index < -0.39 is 85.5 Å². The molecular formula is C24H39N5O14. The van der Waals surface area contributed by atoms with Crippen LogP contribution in [-0.2, 0) is 33.6 Å². The maximum absolute atomic E-state index is 12.2. The van der Waals surface area contributed by atoms with Gasteiger partial charge in [0, 0.05) is 19.5 Å². The molecule has 43 heavy (non-hydrogen) atoms. The SMILES string of the molecule is NC(CCC(=O)NCCCCC(C(=O)O)N(CC(=O)O)C(=O)O)C(=O)NCCCCC(C(=O)O)N(CC(=O)O)CC(=O)O. The van der Waals surface area contributed by atoms with Crippen LogP contribution in [0.4, 0.5) is 4.79 Å². The van der Waals surface area contributed by atoms with Gasteiger partial charge in [-0.25, -0.2) is 9.59 Å². The van der Waals surface area contributed by atoms with Gasteiger partial charge in [-0.1, -0.05) is 0 Å². The highest BCUT2D eigenvalue weighted by Gasteiger charge is 2.31. The zero-order valence-corrected chi connectivity index (χ0v) is 23.3. The minimum atomic E-state index is -1.69. The van der Waals surface area contributed by atoms with Gasteiger partial charge in [0.25, 0.3) is 0 Å². The number of carbonyl (C=O) groups is 8. The summed E-state index contributed by atoms with van der Waals surface area (Å²) in [5.41, 5.74) is 5.79. The van der Waals surface area contributed by atoms with E-state index >= 15 is 0 Å². The standard InChI is InChI=1S/C24H39N5O14/c25-14(21(37)27-10-4-1-5-15(22(38)39)28(11-18(31)32)12-19(33)34)7-8-17(30)26-9-3-2-6-16(23(40)41)29(24(42)43)13-20(35)36/h14-16H,1-13,25H2,(H,26,30)(H,27,37)(H,31,32)(H,33,34)(H,35,36)(H,38,39)(H,40,41)(H,42,43). The van der Waals surface area contributed by atoms with Gasteiger partial charge >= 0.3 is 35.9 Å². The lowest BCUT2D eigenvalue weighted by Crippen LogP contribution is -2.47. The molecule has 0 saturated carbocycles. The Morgan fingerprint density at radius 1 is 0.605 bits per heavy atom. The van der Waals surface area contributed by atoms with Gasteiger partial charge in [0.05, 0.1) is 19.1 Å². The molecule has 0 radical (unpaired) electrons. The number of carbonyl (C=O) groups excluding carboxylic acids is 2. The Kier molecular flexibility index (Phi) is 18.2. The van der Waals surface area contributed by atoms with Crippen molar-refractivity contribution in [1.29, 1.82) is 0 Å². The zero-order chi connectivity index (χ0) is 33.1. The van der Waals surface area contributed by atoms with Crippen LogP contribution in [0.3, 0.4) is 0 Å². The molecule has 0 aromatic heterocycles. The van der Waals surface area contributed by atoms with Crippen molar-refractivity contribution in [2.75, 3.05) is 32.7 Å². The molecule has 0 heterocycles. The van der Waals surface area contributed by atoms with Gasteiger partial charge < -0.3 is 47.0 Å². The summed E-state index contributed by atoms with van der Waals surface area (Å²) in [7, 11) is 0. The molecule has 0 rings (SSSR count). The molecule has 3 atom stereocenters. The van der Waals surface area contributed by atoms with E-state index in [0.29, 0.717) is 11.3 Å². The van der Waals surface area contributed by atoms with Crippen LogP contribution in [0.2, 0.25) is 0 Å². The number of carboxylic acid groups (broad SMARTS) is 6. The van der Waals surface area contributed by atoms with Crippen molar-refractivity contribution in [3.63, 3.8) is 0 Å². The van der Waals surface area contributed by atoms with Crippen molar-refractivity contribution in [3.05, 3.63) is 0 Å². The summed E-state index contributed by atoms with van der Waals surface area (Å²) in [6.07, 6.45) is -1.07. The summed E-state index contributed by atoms with van der Waals surface area (Å²) < 4.78 is 0. The van der Waals surface area contributed by atoms with E-state index in [4.69, 9.17) is 26.2 Å². The fourth-order valence-corrected chi connectivity index (χ4v) is 3.96. The Bertz CT molecular complexity index is 991. The molecule has 0 aliphatic heterocycles. The van der Waals surface area contributed by atoms with Crippen molar-refractivity contribution >= 4 is 47.8 Å². The van der Waals surface area contributed by atoms with Gasteiger partial charge in [-0.15, -0.1) is 0 Å². The first-order chi connectivity index (χ1) is 20.1. The second-order valence-electron chi connectivity index (χ2n) is 9.48. The minimum Gasteiger partial charge on any atom is -0.480 e. The van der Waals surface area contributed by atoms with Gasteiger partial charge in [0.1, 0.15) is 18.6 Å². The second kappa shape index (κ2) is 20.4. The van der Waals surface area contributed by atoms with E-state index in [1.54, 1.807) is 0 Å². The van der Waals surface area contributed by atoms with Gasteiger partial charge in [0.2, 0.25) is 11.8 Å². The van der Waals surface area contributed by atoms with Crippen molar-refractivity contribution in [2.24, 2.45) is 5.73 Å². The smallest absolute Gasteiger partial charge is 0.408 e. The number of unbranched alkanes of at least 4 members (excludes halogenated alkanes) is 2. The molecule has 0 saturated heterocycles. The molecule has 19 nitrogen and oxygen atoms in total. The number of hydrogen-bond donors (Lipinski definition) is 9. The van der Waals surface area contributed by atoms with Crippen molar-refractivity contribution in [2.45, 2.75) is 69.5 Å². The van der Waals surface area contributed by atoms with Crippen LogP contribution < -0.4 is 16.4 Å². The van der Waals surface area contributed by atoms with Gasteiger partial charge in [-0.05, 0) is 44.9 Å². The summed E-state index contributed by atoms with van der Waals surface area (Å²) in [5.74, 6) is -8.14. The van der Waals surface area contributed by atoms with Crippen LogP contribution in [-0.4, -0.2) is 139 Å². The lowest BCUT2D eigenvalue weighted by molar-refractivity contribution is -0.150. The fourth-order valence-electron chi connectivity index (χ4n) is 3.96. The summed E-state index contributed by atoms with van der Waals surface area (Å²) >= 11 is 0. The predicted molar refractivity (Wildman–Crippen MR) is 143 cm³/mol. The van der Waals surface area contributed by atoms with Crippen molar-refractivity contribution in [1.82, 2.24) is 20.4 Å². The van der Waals surface area contributed by atoms with Crippen LogP contribution in [0.1, 0.15) is 51.4 Å². The molecule has 0 aliphatic rings. The van der Waals surface area contributed by atoms with E-state index in [9.17, 15) is 48.6 Å². The van der Waals surface area contributed by atoms with Crippen LogP contribution in [0.25, 0.3) is 0 Å². The van der Waals surface area contributed by atoms with E-state index in [0.717, 1.165) is 4.90 Å². The van der Waals surface area contributed by atoms with Gasteiger partial charge in [0.15, 0.2) is 0 Å². The molecular weight excluding hydrogens is 582 g/mol. The normalized spacial score (nSPS) is 12.9. The molecule has 0 aromatic carbocycles. The number of nitrogens with zero attached hydrogens (tertiary/aromatic N) is 2. The van der Waals surface area contributed by atoms with Gasteiger partial charge in [-0.3, -0.25) is 38.6 Å². The van der Waals surface area contributed by atoms with Crippen molar-refractivity contribution in [3.8, 4) is 0 Å². The van der Waals surface area contributed by atoms with Gasteiger partial charge in [-0.2, -0.15) is 0 Å². The Morgan fingerprint density at radius 3 is 1.51 bits per heavy atom. The monoisotopic (exact) mass is 621 g/mol. The highest BCUT2D eigenvalue weighted by atomic mass is 16.4. The van der Waals surface area contributed by atoms with E-state index in [1.807, 2.05) is 0 Å². The summed E-state index contributed by atoms with van der Waals surface area (Å²) in [4.78, 5) is 92.1. The topological polar surface area (TPSA) is 314 Å². The summed E-state index contributed by atoms with van der Waals surface area (Å²) in [6.45, 7) is -2.32. The summed E-state index contributed by atoms with van der Waals surface area (Å²) in [6, 6.07) is -3.95. The van der Waals surface area contributed by atoms with Crippen LogP contribution in [0.15, 0.2) is 0 Å². The largest absolute Gasteiger partial charge is 0.480 e. The number of nitrogens with two attached hydrogens (primary N) is 1.